The van der Waals surface area contributed by atoms with Crippen molar-refractivity contribution in [2.24, 2.45) is 5.73 Å². The lowest BCUT2D eigenvalue weighted by atomic mass is 9.92. The highest BCUT2D eigenvalue weighted by molar-refractivity contribution is 6.04. The van der Waals surface area contributed by atoms with Crippen molar-refractivity contribution in [1.82, 2.24) is 20.2 Å². The first-order valence-corrected chi connectivity index (χ1v) is 10.5. The van der Waals surface area contributed by atoms with Gasteiger partial charge in [-0.15, -0.1) is 0 Å². The molecule has 2 fully saturated rings. The Bertz CT molecular complexity index is 1020. The highest BCUT2D eigenvalue weighted by Crippen LogP contribution is 2.24. The first kappa shape index (κ1) is 18.3. The predicted molar refractivity (Wildman–Crippen MR) is 115 cm³/mol. The first-order valence-electron chi connectivity index (χ1n) is 10.5. The maximum atomic E-state index is 11.6. The van der Waals surface area contributed by atoms with Gasteiger partial charge in [0.1, 0.15) is 11.3 Å². The lowest BCUT2D eigenvalue weighted by Gasteiger charge is -2.30. The Morgan fingerprint density at radius 1 is 1.14 bits per heavy atom. The minimum Gasteiger partial charge on any atom is -0.366 e. The van der Waals surface area contributed by atoms with Crippen LogP contribution >= 0.6 is 0 Å². The highest BCUT2D eigenvalue weighted by Gasteiger charge is 2.26. The zero-order chi connectivity index (χ0) is 19.8. The molecule has 2 heterocycles. The number of carbonyl (C=O) groups is 1. The van der Waals surface area contributed by atoms with E-state index in [4.69, 9.17) is 5.73 Å². The molecule has 1 amide bonds. The lowest BCUT2D eigenvalue weighted by Crippen LogP contribution is -2.43. The van der Waals surface area contributed by atoms with Crippen molar-refractivity contribution in [3.8, 4) is 11.4 Å². The second kappa shape index (κ2) is 7.61. The molecule has 4 N–H and O–H groups in total. The van der Waals surface area contributed by atoms with Gasteiger partial charge in [0, 0.05) is 37.3 Å². The normalized spacial score (nSPS) is 20.2. The van der Waals surface area contributed by atoms with Gasteiger partial charge in [-0.1, -0.05) is 36.8 Å². The minimum absolute atomic E-state index is 0.445. The number of benzene rings is 2. The number of aromatic amines is 1. The average molecular weight is 390 g/mol. The van der Waals surface area contributed by atoms with E-state index in [0.717, 1.165) is 42.6 Å². The third kappa shape index (κ3) is 3.78. The summed E-state index contributed by atoms with van der Waals surface area (Å²) in [5.74, 6) is 0.297. The third-order valence-electron chi connectivity index (χ3n) is 6.26. The summed E-state index contributed by atoms with van der Waals surface area (Å²) < 4.78 is 0. The summed E-state index contributed by atoms with van der Waals surface area (Å²) in [5, 5.41) is 3.80. The molecule has 6 heteroatoms. The van der Waals surface area contributed by atoms with Crippen LogP contribution in [0.2, 0.25) is 0 Å². The molecule has 3 aromatic rings. The molecule has 29 heavy (non-hydrogen) atoms. The summed E-state index contributed by atoms with van der Waals surface area (Å²) in [6, 6.07) is 15.4. The molecule has 6 nitrogen and oxygen atoms in total. The number of carbonyl (C=O) groups excluding carboxylic acids is 1. The number of imidazole rings is 1. The van der Waals surface area contributed by atoms with E-state index in [1.165, 1.54) is 31.2 Å². The number of H-pyrrole nitrogens is 1. The van der Waals surface area contributed by atoms with Crippen LogP contribution in [0.25, 0.3) is 22.4 Å². The standard InChI is InChI=1S/C23H27N5O/c24-22(29)19-5-2-6-20-21(19)27-23(26-20)16-9-7-15(8-10-16)13-28-12-11-18(14-28)25-17-3-1-4-17/h2,5-10,17-18,25H,1,3-4,11-14H2,(H2,24,29)(H,26,27). The summed E-state index contributed by atoms with van der Waals surface area (Å²) >= 11 is 0. The molecule has 1 aliphatic carbocycles. The molecule has 1 aliphatic heterocycles. The van der Waals surface area contributed by atoms with E-state index >= 15 is 0 Å². The van der Waals surface area contributed by atoms with Gasteiger partial charge in [-0.2, -0.15) is 0 Å². The molecule has 150 valence electrons. The summed E-state index contributed by atoms with van der Waals surface area (Å²) in [7, 11) is 0. The van der Waals surface area contributed by atoms with Gasteiger partial charge in [-0.05, 0) is 37.0 Å². The topological polar surface area (TPSA) is 87.0 Å². The van der Waals surface area contributed by atoms with Crippen molar-refractivity contribution < 1.29 is 4.79 Å². The number of rotatable bonds is 6. The molecule has 1 aromatic heterocycles. The van der Waals surface area contributed by atoms with E-state index in [-0.39, 0.29) is 0 Å². The molecule has 0 spiro atoms. The first-order chi connectivity index (χ1) is 14.2. The van der Waals surface area contributed by atoms with Crippen LogP contribution in [-0.2, 0) is 6.54 Å². The van der Waals surface area contributed by atoms with Gasteiger partial charge in [-0.3, -0.25) is 9.69 Å². The van der Waals surface area contributed by atoms with Crippen LogP contribution in [-0.4, -0.2) is 45.9 Å². The van der Waals surface area contributed by atoms with Crippen LogP contribution in [0.1, 0.15) is 41.6 Å². The third-order valence-corrected chi connectivity index (χ3v) is 6.26. The second-order valence-electron chi connectivity index (χ2n) is 8.36. The molecule has 2 aliphatic rings. The van der Waals surface area contributed by atoms with E-state index in [9.17, 15) is 4.79 Å². The molecular weight excluding hydrogens is 362 g/mol. The van der Waals surface area contributed by atoms with Crippen molar-refractivity contribution in [3.05, 3.63) is 53.6 Å². The van der Waals surface area contributed by atoms with Gasteiger partial charge in [0.25, 0.3) is 5.91 Å². The second-order valence-corrected chi connectivity index (χ2v) is 8.36. The smallest absolute Gasteiger partial charge is 0.250 e. The number of para-hydroxylation sites is 1. The Balaban J connectivity index is 1.26. The fourth-order valence-electron chi connectivity index (χ4n) is 4.41. The van der Waals surface area contributed by atoms with Gasteiger partial charge < -0.3 is 16.0 Å². The minimum atomic E-state index is -0.459. The Morgan fingerprint density at radius 2 is 1.97 bits per heavy atom. The molecule has 2 aromatic carbocycles. The molecular formula is C23H27N5O. The van der Waals surface area contributed by atoms with E-state index < -0.39 is 5.91 Å². The van der Waals surface area contributed by atoms with Crippen molar-refractivity contribution in [3.63, 3.8) is 0 Å². The number of nitrogens with zero attached hydrogens (tertiary/aromatic N) is 2. The molecule has 1 saturated carbocycles. The highest BCUT2D eigenvalue weighted by atomic mass is 16.1. The number of nitrogens with two attached hydrogens (primary N) is 1. The average Bonchev–Trinajstić information content (AvgIpc) is 3.31. The van der Waals surface area contributed by atoms with Gasteiger partial charge >= 0.3 is 0 Å². The zero-order valence-electron chi connectivity index (χ0n) is 16.5. The van der Waals surface area contributed by atoms with Crippen molar-refractivity contribution in [2.45, 2.75) is 44.3 Å². The SMILES string of the molecule is NC(=O)c1cccc2[nH]c(-c3ccc(CN4CCC(NC5CCC5)C4)cc3)nc12. The number of fused-ring (bicyclic) bond motifs is 1. The van der Waals surface area contributed by atoms with Gasteiger partial charge in [0.15, 0.2) is 0 Å². The van der Waals surface area contributed by atoms with Gasteiger partial charge in [-0.25, -0.2) is 4.98 Å². The van der Waals surface area contributed by atoms with E-state index in [0.29, 0.717) is 17.1 Å². The van der Waals surface area contributed by atoms with E-state index in [2.05, 4.69) is 44.5 Å². The van der Waals surface area contributed by atoms with E-state index in [1.54, 1.807) is 6.07 Å². The maximum absolute atomic E-state index is 11.6. The Hall–Kier alpha value is -2.70. The zero-order valence-corrected chi connectivity index (χ0v) is 16.5. The summed E-state index contributed by atoms with van der Waals surface area (Å²) in [6.45, 7) is 3.28. The molecule has 0 bridgehead atoms. The van der Waals surface area contributed by atoms with Crippen molar-refractivity contribution in [2.75, 3.05) is 13.1 Å². The van der Waals surface area contributed by atoms with Crippen molar-refractivity contribution >= 4 is 16.9 Å². The largest absolute Gasteiger partial charge is 0.366 e. The van der Waals surface area contributed by atoms with Crippen LogP contribution in [0.15, 0.2) is 42.5 Å². The fraction of sp³-hybridized carbons (Fsp3) is 0.391. The number of amides is 1. The number of nitrogens with one attached hydrogen (secondary N) is 2. The van der Waals surface area contributed by atoms with Gasteiger partial charge in [0.05, 0.1) is 11.1 Å². The molecule has 1 unspecified atom stereocenters. The van der Waals surface area contributed by atoms with Crippen LogP contribution < -0.4 is 11.1 Å². The number of primary amides is 1. The Morgan fingerprint density at radius 3 is 2.69 bits per heavy atom. The monoisotopic (exact) mass is 389 g/mol. The summed E-state index contributed by atoms with van der Waals surface area (Å²) in [4.78, 5) is 22.1. The number of hydrogen-bond donors (Lipinski definition) is 3. The molecule has 1 atom stereocenters. The van der Waals surface area contributed by atoms with Gasteiger partial charge in [0.2, 0.25) is 0 Å². The molecule has 1 saturated heterocycles. The van der Waals surface area contributed by atoms with Crippen LogP contribution in [0, 0.1) is 0 Å². The van der Waals surface area contributed by atoms with Crippen LogP contribution in [0.5, 0.6) is 0 Å². The number of aromatic nitrogens is 2. The lowest BCUT2D eigenvalue weighted by molar-refractivity contribution is 0.100. The van der Waals surface area contributed by atoms with Crippen LogP contribution in [0.3, 0.4) is 0 Å². The number of hydrogen-bond acceptors (Lipinski definition) is 4. The predicted octanol–water partition coefficient (Wildman–Crippen LogP) is 3.05. The summed E-state index contributed by atoms with van der Waals surface area (Å²) in [6.07, 6.45) is 5.33. The van der Waals surface area contributed by atoms with Crippen LogP contribution in [0.4, 0.5) is 0 Å². The Labute approximate surface area is 170 Å². The van der Waals surface area contributed by atoms with E-state index in [1.807, 2.05) is 12.1 Å². The number of likely N-dealkylation sites (tertiary alicyclic amines) is 1. The summed E-state index contributed by atoms with van der Waals surface area (Å²) in [5.41, 5.74) is 9.68. The molecule has 5 rings (SSSR count). The van der Waals surface area contributed by atoms with Crippen molar-refractivity contribution in [1.29, 1.82) is 0 Å². The molecule has 0 radical (unpaired) electrons. The Kier molecular flexibility index (Phi) is 4.81. The quantitative estimate of drug-likeness (QED) is 0.605. The maximum Gasteiger partial charge on any atom is 0.250 e. The fourth-order valence-corrected chi connectivity index (χ4v) is 4.41.